The quantitative estimate of drug-likeness (QED) is 0.754. The van der Waals surface area contributed by atoms with Crippen molar-refractivity contribution in [2.45, 2.75) is 32.4 Å². The summed E-state index contributed by atoms with van der Waals surface area (Å²) in [6.45, 7) is 2.97. The summed E-state index contributed by atoms with van der Waals surface area (Å²) in [5.41, 5.74) is 8.93. The van der Waals surface area contributed by atoms with E-state index in [0.29, 0.717) is 0 Å². The van der Waals surface area contributed by atoms with Gasteiger partial charge in [0.05, 0.1) is 0 Å². The third kappa shape index (κ3) is 2.40. The highest BCUT2D eigenvalue weighted by molar-refractivity contribution is 6.08. The molecule has 0 aliphatic heterocycles. The van der Waals surface area contributed by atoms with Crippen LogP contribution < -0.4 is 5.73 Å². The molecule has 1 heterocycles. The van der Waals surface area contributed by atoms with Crippen molar-refractivity contribution in [3.05, 3.63) is 48.0 Å². The maximum absolute atomic E-state index is 12.5. The van der Waals surface area contributed by atoms with Gasteiger partial charge in [-0.25, -0.2) is 8.78 Å². The Bertz CT molecular complexity index is 777. The fourth-order valence-electron chi connectivity index (χ4n) is 2.97. The van der Waals surface area contributed by atoms with Crippen molar-refractivity contribution in [2.24, 2.45) is 5.73 Å². The molecule has 2 aromatic carbocycles. The number of alkyl halides is 2. The summed E-state index contributed by atoms with van der Waals surface area (Å²) in [6, 6.07) is 13.3. The lowest BCUT2D eigenvalue weighted by atomic mass is 10.0. The fraction of sp³-hybridized carbons (Fsp3) is 0.294. The van der Waals surface area contributed by atoms with Crippen molar-refractivity contribution in [1.29, 1.82) is 0 Å². The van der Waals surface area contributed by atoms with Gasteiger partial charge in [-0.15, -0.1) is 0 Å². The second-order valence-electron chi connectivity index (χ2n) is 5.27. The van der Waals surface area contributed by atoms with Crippen LogP contribution in [-0.4, -0.2) is 11.0 Å². The first-order valence-electron chi connectivity index (χ1n) is 7.16. The van der Waals surface area contributed by atoms with Crippen LogP contribution >= 0.6 is 0 Å². The molecule has 110 valence electrons. The minimum atomic E-state index is -2.38. The van der Waals surface area contributed by atoms with E-state index in [4.69, 9.17) is 5.73 Å². The number of nitrogens with two attached hydrogens (primary N) is 1. The number of rotatable bonds is 4. The van der Waals surface area contributed by atoms with Crippen LogP contribution in [0.2, 0.25) is 0 Å². The fourth-order valence-corrected chi connectivity index (χ4v) is 2.97. The smallest absolute Gasteiger partial charge is 0.240 e. The molecule has 21 heavy (non-hydrogen) atoms. The molecule has 0 spiro atoms. The van der Waals surface area contributed by atoms with Gasteiger partial charge in [-0.05, 0) is 30.7 Å². The predicted molar refractivity (Wildman–Crippen MR) is 82.7 cm³/mol. The summed E-state index contributed by atoms with van der Waals surface area (Å²) in [7, 11) is 0. The number of benzene rings is 2. The van der Waals surface area contributed by atoms with E-state index in [1.165, 1.54) is 0 Å². The lowest BCUT2D eigenvalue weighted by molar-refractivity contribution is 0.128. The molecule has 2 nitrogen and oxygen atoms in total. The van der Waals surface area contributed by atoms with Gasteiger partial charge in [-0.1, -0.05) is 24.3 Å². The predicted octanol–water partition coefficient (Wildman–Crippen LogP) is 4.47. The van der Waals surface area contributed by atoms with Gasteiger partial charge >= 0.3 is 0 Å². The molecular weight excluding hydrogens is 270 g/mol. The molecule has 3 rings (SSSR count). The van der Waals surface area contributed by atoms with Crippen molar-refractivity contribution in [3.8, 4) is 0 Å². The first-order valence-corrected chi connectivity index (χ1v) is 7.16. The zero-order chi connectivity index (χ0) is 15.0. The van der Waals surface area contributed by atoms with E-state index >= 15 is 0 Å². The van der Waals surface area contributed by atoms with Crippen LogP contribution in [0, 0.1) is 0 Å². The van der Waals surface area contributed by atoms with E-state index in [1.807, 2.05) is 30.3 Å². The Hall–Kier alpha value is -1.94. The van der Waals surface area contributed by atoms with Crippen molar-refractivity contribution in [3.63, 3.8) is 0 Å². The van der Waals surface area contributed by atoms with Gasteiger partial charge in [-0.2, -0.15) is 0 Å². The summed E-state index contributed by atoms with van der Waals surface area (Å²) in [5.74, 6) is 0. The highest BCUT2D eigenvalue weighted by Crippen LogP contribution is 2.31. The third-order valence-corrected chi connectivity index (χ3v) is 3.97. The number of halogens is 2. The molecule has 0 aliphatic rings. The maximum Gasteiger partial charge on any atom is 0.240 e. The van der Waals surface area contributed by atoms with E-state index in [0.717, 1.165) is 33.9 Å². The molecule has 0 aliphatic carbocycles. The van der Waals surface area contributed by atoms with Crippen LogP contribution in [0.15, 0.2) is 42.5 Å². The third-order valence-electron chi connectivity index (χ3n) is 3.97. The average molecular weight is 288 g/mol. The molecule has 0 unspecified atom stereocenters. The van der Waals surface area contributed by atoms with Crippen LogP contribution in [0.1, 0.15) is 24.9 Å². The molecule has 0 fully saturated rings. The Morgan fingerprint density at radius 1 is 1.05 bits per heavy atom. The molecule has 0 bridgehead atoms. The minimum absolute atomic E-state index is 0.308. The molecule has 0 radical (unpaired) electrons. The standard InChI is InChI=1S/C17H18F2N2/c1-2-21-15-6-4-3-5-12(15)13-9-11(7-8-16(13)21)14(20)10-17(18)19/h3-9,14,17H,2,10,20H2,1H3/t14-/m0/s1. The van der Waals surface area contributed by atoms with E-state index in [2.05, 4.69) is 23.6 Å². The largest absolute Gasteiger partial charge is 0.341 e. The van der Waals surface area contributed by atoms with Gasteiger partial charge in [-0.3, -0.25) is 0 Å². The Balaban J connectivity index is 2.19. The Morgan fingerprint density at radius 3 is 2.48 bits per heavy atom. The van der Waals surface area contributed by atoms with Gasteiger partial charge < -0.3 is 10.3 Å². The SMILES string of the molecule is CCn1c2ccccc2c2cc([C@@H](N)CC(F)F)ccc21. The maximum atomic E-state index is 12.5. The van der Waals surface area contributed by atoms with Gasteiger partial charge in [0, 0.05) is 40.8 Å². The summed E-state index contributed by atoms with van der Waals surface area (Å²) < 4.78 is 27.3. The van der Waals surface area contributed by atoms with E-state index < -0.39 is 12.5 Å². The van der Waals surface area contributed by atoms with Crippen LogP contribution in [0.3, 0.4) is 0 Å². The van der Waals surface area contributed by atoms with Gasteiger partial charge in [0.25, 0.3) is 0 Å². The number of nitrogens with zero attached hydrogens (tertiary/aromatic N) is 1. The second kappa shape index (κ2) is 5.45. The number of hydrogen-bond donors (Lipinski definition) is 1. The summed E-state index contributed by atoms with van der Waals surface area (Å²) in [5, 5.41) is 2.22. The highest BCUT2D eigenvalue weighted by Gasteiger charge is 2.15. The number of para-hydroxylation sites is 1. The molecule has 3 aromatic rings. The zero-order valence-corrected chi connectivity index (χ0v) is 11.9. The van der Waals surface area contributed by atoms with Crippen molar-refractivity contribution in [2.75, 3.05) is 0 Å². The van der Waals surface area contributed by atoms with Crippen LogP contribution in [0.25, 0.3) is 21.8 Å². The molecule has 1 atom stereocenters. The van der Waals surface area contributed by atoms with Crippen molar-refractivity contribution < 1.29 is 8.78 Å². The lowest BCUT2D eigenvalue weighted by Crippen LogP contribution is -2.13. The Morgan fingerprint density at radius 2 is 1.76 bits per heavy atom. The monoisotopic (exact) mass is 288 g/mol. The van der Waals surface area contributed by atoms with Crippen molar-refractivity contribution in [1.82, 2.24) is 4.57 Å². The zero-order valence-electron chi connectivity index (χ0n) is 11.9. The van der Waals surface area contributed by atoms with Gasteiger partial charge in [0.1, 0.15) is 0 Å². The van der Waals surface area contributed by atoms with E-state index in [9.17, 15) is 8.78 Å². The summed E-state index contributed by atoms with van der Waals surface area (Å²) in [6.07, 6.45) is -2.69. The second-order valence-corrected chi connectivity index (χ2v) is 5.27. The molecule has 2 N–H and O–H groups in total. The number of hydrogen-bond acceptors (Lipinski definition) is 1. The highest BCUT2D eigenvalue weighted by atomic mass is 19.3. The topological polar surface area (TPSA) is 30.9 Å². The molecule has 4 heteroatoms. The molecule has 0 saturated heterocycles. The molecule has 0 saturated carbocycles. The van der Waals surface area contributed by atoms with Crippen molar-refractivity contribution >= 4 is 21.8 Å². The Kier molecular flexibility index (Phi) is 3.64. The van der Waals surface area contributed by atoms with E-state index in [1.54, 1.807) is 0 Å². The Labute approximate surface area is 122 Å². The van der Waals surface area contributed by atoms with Crippen LogP contribution in [0.5, 0.6) is 0 Å². The van der Waals surface area contributed by atoms with Gasteiger partial charge in [0.15, 0.2) is 0 Å². The molecule has 0 amide bonds. The lowest BCUT2D eigenvalue weighted by Gasteiger charge is -2.12. The average Bonchev–Trinajstić information content (AvgIpc) is 2.79. The van der Waals surface area contributed by atoms with Crippen LogP contribution in [0.4, 0.5) is 8.78 Å². The minimum Gasteiger partial charge on any atom is -0.341 e. The summed E-state index contributed by atoms with van der Waals surface area (Å²) >= 11 is 0. The number of aromatic nitrogens is 1. The number of fused-ring (bicyclic) bond motifs is 3. The van der Waals surface area contributed by atoms with Crippen LogP contribution in [-0.2, 0) is 6.54 Å². The molecule has 1 aromatic heterocycles. The van der Waals surface area contributed by atoms with Gasteiger partial charge in [0.2, 0.25) is 6.43 Å². The first kappa shape index (κ1) is 14.0. The first-order chi connectivity index (χ1) is 10.1. The molecular formula is C17H18F2N2. The normalized spacial score (nSPS) is 13.4. The summed E-state index contributed by atoms with van der Waals surface area (Å²) in [4.78, 5) is 0. The van der Waals surface area contributed by atoms with E-state index in [-0.39, 0.29) is 6.42 Å². The number of aryl methyl sites for hydroxylation is 1.